The predicted octanol–water partition coefficient (Wildman–Crippen LogP) is -0.395. The van der Waals surface area contributed by atoms with Crippen LogP contribution in [-0.2, 0) is 6.42 Å². The van der Waals surface area contributed by atoms with E-state index in [1.807, 2.05) is 6.92 Å². The van der Waals surface area contributed by atoms with Gasteiger partial charge in [0.05, 0.1) is 0 Å². The first kappa shape index (κ1) is 9.34. The van der Waals surface area contributed by atoms with Crippen LogP contribution in [0.25, 0.3) is 0 Å². The maximum absolute atomic E-state index is 5.68. The van der Waals surface area contributed by atoms with Gasteiger partial charge in [0.15, 0.2) is 5.82 Å². The van der Waals surface area contributed by atoms with Crippen LogP contribution in [0.1, 0.15) is 12.7 Å². The van der Waals surface area contributed by atoms with Gasteiger partial charge in [-0.15, -0.1) is 10.2 Å². The maximum Gasteiger partial charge on any atom is 0.209 e. The minimum absolute atomic E-state index is 0.624. The molecule has 0 spiro atoms. The van der Waals surface area contributed by atoms with Crippen molar-refractivity contribution in [3.05, 3.63) is 5.82 Å². The average Bonchev–Trinajstić information content (AvgIpc) is 2.43. The smallest absolute Gasteiger partial charge is 0.209 e. The largest absolute Gasteiger partial charge is 0.336 e. The van der Waals surface area contributed by atoms with E-state index in [-0.39, 0.29) is 0 Å². The van der Waals surface area contributed by atoms with Crippen LogP contribution in [0.3, 0.4) is 0 Å². The highest BCUT2D eigenvalue weighted by molar-refractivity contribution is 7.99. The predicted molar refractivity (Wildman–Crippen MR) is 49.3 cm³/mol. The second-order valence-electron chi connectivity index (χ2n) is 2.26. The van der Waals surface area contributed by atoms with Gasteiger partial charge in [0, 0.05) is 18.7 Å². The van der Waals surface area contributed by atoms with Crippen molar-refractivity contribution in [2.45, 2.75) is 18.5 Å². The third-order valence-corrected chi connectivity index (χ3v) is 2.38. The second kappa shape index (κ2) is 4.32. The number of nitrogens with two attached hydrogens (primary N) is 2. The number of rotatable bonds is 4. The summed E-state index contributed by atoms with van der Waals surface area (Å²) < 4.78 is 1.51. The summed E-state index contributed by atoms with van der Waals surface area (Å²) in [6.07, 6.45) is 0.798. The molecule has 0 saturated heterocycles. The highest BCUT2D eigenvalue weighted by Crippen LogP contribution is 2.13. The van der Waals surface area contributed by atoms with Gasteiger partial charge in [-0.2, -0.15) is 0 Å². The molecular formula is C6H13N5S. The van der Waals surface area contributed by atoms with Crippen LogP contribution in [0, 0.1) is 0 Å². The van der Waals surface area contributed by atoms with Crippen LogP contribution in [-0.4, -0.2) is 27.2 Å². The van der Waals surface area contributed by atoms with Crippen molar-refractivity contribution in [1.29, 1.82) is 0 Å². The van der Waals surface area contributed by atoms with Gasteiger partial charge < -0.3 is 11.6 Å². The summed E-state index contributed by atoms with van der Waals surface area (Å²) in [4.78, 5) is 0. The summed E-state index contributed by atoms with van der Waals surface area (Å²) in [5.74, 6) is 7.30. The number of aryl methyl sites for hydroxylation is 1. The first-order valence-electron chi connectivity index (χ1n) is 3.81. The zero-order valence-corrected chi connectivity index (χ0v) is 7.84. The standard InChI is InChI=1S/C6H13N5S/c1-2-5-9-10-6(11(5)8)12-4-3-7/h2-4,7-8H2,1H3. The van der Waals surface area contributed by atoms with Gasteiger partial charge in [0.1, 0.15) is 0 Å². The molecule has 1 aromatic heterocycles. The Bertz CT molecular complexity index is 246. The Labute approximate surface area is 75.5 Å². The van der Waals surface area contributed by atoms with Crippen LogP contribution in [0.4, 0.5) is 0 Å². The van der Waals surface area contributed by atoms with Crippen molar-refractivity contribution < 1.29 is 0 Å². The average molecular weight is 187 g/mol. The van der Waals surface area contributed by atoms with Crippen LogP contribution in [0.15, 0.2) is 5.16 Å². The molecule has 4 N–H and O–H groups in total. The highest BCUT2D eigenvalue weighted by Gasteiger charge is 2.06. The Morgan fingerprint density at radius 1 is 1.50 bits per heavy atom. The van der Waals surface area contributed by atoms with E-state index >= 15 is 0 Å². The molecule has 0 aliphatic carbocycles. The molecular weight excluding hydrogens is 174 g/mol. The molecule has 0 fully saturated rings. The molecule has 1 heterocycles. The molecule has 6 heteroatoms. The fraction of sp³-hybridized carbons (Fsp3) is 0.667. The van der Waals surface area contributed by atoms with E-state index in [1.165, 1.54) is 16.4 Å². The van der Waals surface area contributed by atoms with Crippen molar-refractivity contribution in [2.24, 2.45) is 5.73 Å². The molecule has 1 aromatic rings. The van der Waals surface area contributed by atoms with E-state index in [0.29, 0.717) is 6.54 Å². The van der Waals surface area contributed by atoms with Crippen LogP contribution < -0.4 is 11.6 Å². The number of hydrogen-bond acceptors (Lipinski definition) is 5. The number of hydrogen-bond donors (Lipinski definition) is 2. The Hall–Kier alpha value is -0.750. The summed E-state index contributed by atoms with van der Waals surface area (Å²) in [7, 11) is 0. The first-order valence-corrected chi connectivity index (χ1v) is 4.80. The lowest BCUT2D eigenvalue weighted by molar-refractivity contribution is 0.796. The molecule has 0 aliphatic heterocycles. The Balaban J connectivity index is 2.66. The van der Waals surface area contributed by atoms with Crippen molar-refractivity contribution in [3.63, 3.8) is 0 Å². The molecule has 0 aliphatic rings. The lowest BCUT2D eigenvalue weighted by atomic mass is 10.5. The maximum atomic E-state index is 5.68. The molecule has 1 rings (SSSR count). The van der Waals surface area contributed by atoms with E-state index in [9.17, 15) is 0 Å². The van der Waals surface area contributed by atoms with Crippen molar-refractivity contribution >= 4 is 11.8 Å². The van der Waals surface area contributed by atoms with Gasteiger partial charge in [-0.25, -0.2) is 4.68 Å². The Kier molecular flexibility index (Phi) is 3.36. The van der Waals surface area contributed by atoms with Gasteiger partial charge in [0.2, 0.25) is 5.16 Å². The van der Waals surface area contributed by atoms with E-state index in [2.05, 4.69) is 10.2 Å². The quantitative estimate of drug-likeness (QED) is 0.495. The summed E-state index contributed by atoms with van der Waals surface area (Å²) >= 11 is 1.52. The summed E-state index contributed by atoms with van der Waals surface area (Å²) in [6.45, 7) is 2.61. The molecule has 0 bridgehead atoms. The third-order valence-electron chi connectivity index (χ3n) is 1.40. The topological polar surface area (TPSA) is 82.8 Å². The fourth-order valence-corrected chi connectivity index (χ4v) is 1.44. The van der Waals surface area contributed by atoms with Gasteiger partial charge in [-0.3, -0.25) is 0 Å². The summed E-state index contributed by atoms with van der Waals surface area (Å²) in [5, 5.41) is 8.57. The molecule has 5 nitrogen and oxygen atoms in total. The zero-order chi connectivity index (χ0) is 8.97. The third kappa shape index (κ3) is 1.89. The molecule has 0 unspecified atom stereocenters. The zero-order valence-electron chi connectivity index (χ0n) is 7.03. The summed E-state index contributed by atoms with van der Waals surface area (Å²) in [6, 6.07) is 0. The van der Waals surface area contributed by atoms with E-state index < -0.39 is 0 Å². The number of thioether (sulfide) groups is 1. The molecule has 0 aromatic carbocycles. The SMILES string of the molecule is CCc1nnc(SCCN)n1N. The van der Waals surface area contributed by atoms with Gasteiger partial charge in [0.25, 0.3) is 0 Å². The molecule has 0 saturated carbocycles. The van der Waals surface area contributed by atoms with Gasteiger partial charge in [-0.05, 0) is 0 Å². The molecule has 0 amide bonds. The Morgan fingerprint density at radius 3 is 2.75 bits per heavy atom. The van der Waals surface area contributed by atoms with Crippen molar-refractivity contribution in [3.8, 4) is 0 Å². The lowest BCUT2D eigenvalue weighted by Gasteiger charge is -1.99. The minimum atomic E-state index is 0.624. The van der Waals surface area contributed by atoms with Gasteiger partial charge >= 0.3 is 0 Å². The van der Waals surface area contributed by atoms with Crippen molar-refractivity contribution in [2.75, 3.05) is 18.1 Å². The van der Waals surface area contributed by atoms with E-state index in [4.69, 9.17) is 11.6 Å². The molecule has 68 valence electrons. The lowest BCUT2D eigenvalue weighted by Crippen LogP contribution is -2.14. The summed E-state index contributed by atoms with van der Waals surface area (Å²) in [5.41, 5.74) is 5.35. The fourth-order valence-electron chi connectivity index (χ4n) is 0.797. The first-order chi connectivity index (χ1) is 5.79. The van der Waals surface area contributed by atoms with Gasteiger partial charge in [-0.1, -0.05) is 18.7 Å². The van der Waals surface area contributed by atoms with Crippen molar-refractivity contribution in [1.82, 2.24) is 14.9 Å². The number of nitrogen functional groups attached to an aromatic ring is 1. The number of aromatic nitrogens is 3. The molecule has 12 heavy (non-hydrogen) atoms. The van der Waals surface area contributed by atoms with Crippen LogP contribution in [0.2, 0.25) is 0 Å². The minimum Gasteiger partial charge on any atom is -0.336 e. The second-order valence-corrected chi connectivity index (χ2v) is 3.32. The molecule has 0 atom stereocenters. The highest BCUT2D eigenvalue weighted by atomic mass is 32.2. The van der Waals surface area contributed by atoms with E-state index in [0.717, 1.165) is 23.2 Å². The molecule has 0 radical (unpaired) electrons. The number of nitrogens with zero attached hydrogens (tertiary/aromatic N) is 3. The van der Waals surface area contributed by atoms with Crippen LogP contribution >= 0.6 is 11.8 Å². The normalized spacial score (nSPS) is 10.5. The van der Waals surface area contributed by atoms with E-state index in [1.54, 1.807) is 0 Å². The Morgan fingerprint density at radius 2 is 2.25 bits per heavy atom. The monoisotopic (exact) mass is 187 g/mol. The van der Waals surface area contributed by atoms with Crippen LogP contribution in [0.5, 0.6) is 0 Å².